The summed E-state index contributed by atoms with van der Waals surface area (Å²) in [5.74, 6) is 0.595. The van der Waals surface area contributed by atoms with Gasteiger partial charge in [-0.05, 0) is 42.5 Å². The maximum Gasteiger partial charge on any atom is 0.201 e. The van der Waals surface area contributed by atoms with Crippen molar-refractivity contribution in [2.45, 2.75) is 24.8 Å². The van der Waals surface area contributed by atoms with Crippen LogP contribution in [0.25, 0.3) is 33.4 Å². The first-order valence-electron chi connectivity index (χ1n) is 12.0. The monoisotopic (exact) mass is 452 g/mol. The number of nitrogens with zero attached hydrogens (tertiary/aromatic N) is 1. The molecule has 1 saturated heterocycles. The molecule has 34 heavy (non-hydrogen) atoms. The first-order valence-corrected chi connectivity index (χ1v) is 12.0. The quantitative estimate of drug-likeness (QED) is 0.455. The summed E-state index contributed by atoms with van der Waals surface area (Å²) in [6.45, 7) is 2.87. The van der Waals surface area contributed by atoms with Crippen LogP contribution in [0.2, 0.25) is 0 Å². The summed E-state index contributed by atoms with van der Waals surface area (Å²) in [4.78, 5) is 16.2. The lowest BCUT2D eigenvalue weighted by Gasteiger charge is -2.38. The summed E-state index contributed by atoms with van der Waals surface area (Å²) in [6.07, 6.45) is 3.17. The van der Waals surface area contributed by atoms with Crippen LogP contribution in [0.4, 0.5) is 5.69 Å². The lowest BCUT2D eigenvalue weighted by Crippen LogP contribution is -2.43. The van der Waals surface area contributed by atoms with Crippen molar-refractivity contribution in [1.29, 1.82) is 0 Å². The number of ether oxygens (including phenoxy) is 1. The van der Waals surface area contributed by atoms with Gasteiger partial charge in [-0.1, -0.05) is 60.7 Å². The van der Waals surface area contributed by atoms with Crippen LogP contribution < -0.4 is 16.1 Å². The molecular formula is C29H28N2O3. The molecule has 172 valence electrons. The second kappa shape index (κ2) is 8.42. The Kier molecular flexibility index (Phi) is 5.24. The highest BCUT2D eigenvalue weighted by Gasteiger charge is 2.34. The Labute approximate surface area is 198 Å². The van der Waals surface area contributed by atoms with Crippen LogP contribution in [-0.2, 0) is 10.3 Å². The van der Waals surface area contributed by atoms with Gasteiger partial charge >= 0.3 is 0 Å². The maximum absolute atomic E-state index is 14.0. The molecule has 2 fully saturated rings. The van der Waals surface area contributed by atoms with Crippen molar-refractivity contribution in [1.82, 2.24) is 0 Å². The normalized spacial score (nSPS) is 17.5. The van der Waals surface area contributed by atoms with Gasteiger partial charge in [0.2, 0.25) is 5.43 Å². The highest BCUT2D eigenvalue weighted by atomic mass is 16.5. The molecule has 3 aromatic carbocycles. The zero-order valence-electron chi connectivity index (χ0n) is 19.1. The number of hydrogen-bond acceptors (Lipinski definition) is 5. The molecule has 6 rings (SSSR count). The van der Waals surface area contributed by atoms with E-state index in [1.165, 1.54) is 0 Å². The van der Waals surface area contributed by atoms with E-state index in [0.717, 1.165) is 54.7 Å². The summed E-state index contributed by atoms with van der Waals surface area (Å²) in [5, 5.41) is 0.594. The van der Waals surface area contributed by atoms with Gasteiger partial charge in [-0.25, -0.2) is 0 Å². The van der Waals surface area contributed by atoms with Gasteiger partial charge in [0.05, 0.1) is 29.9 Å². The van der Waals surface area contributed by atoms with Crippen molar-refractivity contribution in [3.05, 3.63) is 88.6 Å². The van der Waals surface area contributed by atoms with E-state index in [2.05, 4.69) is 17.0 Å². The molecule has 1 aliphatic heterocycles. The Morgan fingerprint density at radius 1 is 0.824 bits per heavy atom. The summed E-state index contributed by atoms with van der Waals surface area (Å²) in [5.41, 5.74) is 11.3. The zero-order chi connectivity index (χ0) is 23.1. The molecule has 1 aromatic heterocycles. The van der Waals surface area contributed by atoms with E-state index in [1.807, 2.05) is 60.7 Å². The zero-order valence-corrected chi connectivity index (χ0v) is 19.1. The van der Waals surface area contributed by atoms with Crippen LogP contribution in [0.1, 0.15) is 24.8 Å². The standard InChI is InChI=1S/C29H28N2O3/c30-29(14-5-15-29)22-12-10-20(11-13-22)25-26(32)23-8-4-9-24(31-16-18-33-19-17-31)28(23)34-27(25)21-6-2-1-3-7-21/h1-4,6-13H,5,14-19,30H2. The van der Waals surface area contributed by atoms with Gasteiger partial charge in [0.25, 0.3) is 0 Å². The fourth-order valence-corrected chi connectivity index (χ4v) is 5.13. The molecule has 0 spiro atoms. The topological polar surface area (TPSA) is 68.7 Å². The number of anilines is 1. The van der Waals surface area contributed by atoms with Gasteiger partial charge in [-0.2, -0.15) is 0 Å². The fraction of sp³-hybridized carbons (Fsp3) is 0.276. The Morgan fingerprint density at radius 2 is 1.56 bits per heavy atom. The van der Waals surface area contributed by atoms with E-state index in [-0.39, 0.29) is 11.0 Å². The van der Waals surface area contributed by atoms with Gasteiger partial charge in [-0.3, -0.25) is 4.79 Å². The van der Waals surface area contributed by atoms with Crippen LogP contribution in [0.5, 0.6) is 0 Å². The average molecular weight is 453 g/mol. The van der Waals surface area contributed by atoms with Gasteiger partial charge in [0.1, 0.15) is 5.76 Å². The van der Waals surface area contributed by atoms with Crippen LogP contribution in [-0.4, -0.2) is 26.3 Å². The van der Waals surface area contributed by atoms with Crippen LogP contribution in [0.15, 0.2) is 82.0 Å². The lowest BCUT2D eigenvalue weighted by molar-refractivity contribution is 0.122. The van der Waals surface area contributed by atoms with Crippen LogP contribution >= 0.6 is 0 Å². The number of hydrogen-bond donors (Lipinski definition) is 1. The summed E-state index contributed by atoms with van der Waals surface area (Å²) in [6, 6.07) is 23.9. The molecule has 0 amide bonds. The predicted octanol–water partition coefficient (Wildman–Crippen LogP) is 5.30. The van der Waals surface area contributed by atoms with Crippen LogP contribution in [0, 0.1) is 0 Å². The SMILES string of the molecule is NC1(c2ccc(-c3c(-c4ccccc4)oc4c(N5CCOCC5)cccc4c3=O)cc2)CCC1. The van der Waals surface area contributed by atoms with E-state index >= 15 is 0 Å². The van der Waals surface area contributed by atoms with Crippen molar-refractivity contribution < 1.29 is 9.15 Å². The van der Waals surface area contributed by atoms with Gasteiger partial charge in [0.15, 0.2) is 5.58 Å². The molecule has 5 nitrogen and oxygen atoms in total. The lowest BCUT2D eigenvalue weighted by atomic mass is 9.72. The van der Waals surface area contributed by atoms with Crippen molar-refractivity contribution in [3.63, 3.8) is 0 Å². The number of fused-ring (bicyclic) bond motifs is 1. The number of morpholine rings is 1. The fourth-order valence-electron chi connectivity index (χ4n) is 5.13. The molecule has 2 heterocycles. The highest BCUT2D eigenvalue weighted by molar-refractivity contribution is 5.95. The smallest absolute Gasteiger partial charge is 0.201 e. The second-order valence-corrected chi connectivity index (χ2v) is 9.34. The van der Waals surface area contributed by atoms with Gasteiger partial charge in [-0.15, -0.1) is 0 Å². The molecule has 1 aliphatic carbocycles. The largest absolute Gasteiger partial charge is 0.453 e. The third kappa shape index (κ3) is 3.52. The highest BCUT2D eigenvalue weighted by Crippen LogP contribution is 2.40. The first-order chi connectivity index (χ1) is 16.6. The van der Waals surface area contributed by atoms with Crippen molar-refractivity contribution in [2.24, 2.45) is 5.73 Å². The molecule has 0 bridgehead atoms. The maximum atomic E-state index is 14.0. The minimum absolute atomic E-state index is 0.0194. The Hall–Kier alpha value is -3.41. The summed E-state index contributed by atoms with van der Waals surface area (Å²) < 4.78 is 12.2. The molecular weight excluding hydrogens is 424 g/mol. The number of para-hydroxylation sites is 1. The predicted molar refractivity (Wildman–Crippen MR) is 136 cm³/mol. The second-order valence-electron chi connectivity index (χ2n) is 9.34. The molecule has 0 unspecified atom stereocenters. The molecule has 0 atom stereocenters. The van der Waals surface area contributed by atoms with Crippen LogP contribution in [0.3, 0.4) is 0 Å². The van der Waals surface area contributed by atoms with E-state index in [4.69, 9.17) is 14.9 Å². The third-order valence-corrected chi connectivity index (χ3v) is 7.28. The van der Waals surface area contributed by atoms with Gasteiger partial charge in [0, 0.05) is 24.2 Å². The minimum Gasteiger partial charge on any atom is -0.453 e. The van der Waals surface area contributed by atoms with Crippen molar-refractivity contribution in [2.75, 3.05) is 31.2 Å². The molecule has 2 N–H and O–H groups in total. The molecule has 5 heteroatoms. The first kappa shape index (κ1) is 21.1. The van der Waals surface area contributed by atoms with E-state index < -0.39 is 0 Å². The third-order valence-electron chi connectivity index (χ3n) is 7.28. The van der Waals surface area contributed by atoms with E-state index in [0.29, 0.717) is 35.5 Å². The Bertz CT molecular complexity index is 1380. The molecule has 2 aliphatic rings. The average Bonchev–Trinajstić information content (AvgIpc) is 2.88. The van der Waals surface area contributed by atoms with Crippen molar-refractivity contribution >= 4 is 16.7 Å². The Morgan fingerprint density at radius 3 is 2.24 bits per heavy atom. The summed E-state index contributed by atoms with van der Waals surface area (Å²) in [7, 11) is 0. The summed E-state index contributed by atoms with van der Waals surface area (Å²) >= 11 is 0. The number of nitrogens with two attached hydrogens (primary N) is 1. The minimum atomic E-state index is -0.234. The number of rotatable bonds is 4. The van der Waals surface area contributed by atoms with Gasteiger partial charge < -0.3 is 19.8 Å². The van der Waals surface area contributed by atoms with Crippen molar-refractivity contribution in [3.8, 4) is 22.5 Å². The number of benzene rings is 3. The van der Waals surface area contributed by atoms with E-state index in [9.17, 15) is 4.79 Å². The molecule has 4 aromatic rings. The molecule has 0 radical (unpaired) electrons. The molecule has 1 saturated carbocycles. The van der Waals surface area contributed by atoms with E-state index in [1.54, 1.807) is 0 Å². The Balaban J connectivity index is 1.56.